The monoisotopic (exact) mass is 319 g/mol. The first-order valence-corrected chi connectivity index (χ1v) is 9.20. The molecule has 0 aromatic carbocycles. The highest BCUT2D eigenvalue weighted by Crippen LogP contribution is 2.37. The van der Waals surface area contributed by atoms with Gasteiger partial charge >= 0.3 is 0 Å². The number of anilines is 2. The summed E-state index contributed by atoms with van der Waals surface area (Å²) in [5, 5.41) is 10.5. The Bertz CT molecular complexity index is 571. The van der Waals surface area contributed by atoms with Crippen molar-refractivity contribution in [2.45, 2.75) is 37.7 Å². The fraction of sp³-hybridized carbons (Fsp3) is 0.750. The van der Waals surface area contributed by atoms with Crippen LogP contribution < -0.4 is 10.6 Å². The van der Waals surface area contributed by atoms with Gasteiger partial charge in [0, 0.05) is 13.1 Å². The quantitative estimate of drug-likeness (QED) is 0.863. The van der Waals surface area contributed by atoms with E-state index in [1.807, 2.05) is 18.7 Å². The Morgan fingerprint density at radius 2 is 2.25 bits per heavy atom. The van der Waals surface area contributed by atoms with Crippen molar-refractivity contribution in [1.29, 1.82) is 0 Å². The first-order chi connectivity index (χ1) is 9.36. The highest BCUT2D eigenvalue weighted by molar-refractivity contribution is 7.91. The van der Waals surface area contributed by atoms with Crippen molar-refractivity contribution in [3.8, 4) is 0 Å². The zero-order chi connectivity index (χ0) is 14.9. The third kappa shape index (κ3) is 2.91. The van der Waals surface area contributed by atoms with E-state index in [1.54, 1.807) is 0 Å². The number of nitrogen functional groups attached to an aromatic ring is 1. The molecule has 20 heavy (non-hydrogen) atoms. The van der Waals surface area contributed by atoms with Crippen LogP contribution in [-0.2, 0) is 9.84 Å². The van der Waals surface area contributed by atoms with E-state index in [0.717, 1.165) is 18.0 Å². The van der Waals surface area contributed by atoms with Crippen molar-refractivity contribution >= 4 is 32.2 Å². The molecule has 1 aromatic rings. The van der Waals surface area contributed by atoms with E-state index in [4.69, 9.17) is 5.73 Å². The van der Waals surface area contributed by atoms with Gasteiger partial charge in [0.1, 0.15) is 9.90 Å². The number of nitrogens with zero attached hydrogens (tertiary/aromatic N) is 2. The number of sulfone groups is 1. The molecule has 8 heteroatoms. The topological polar surface area (TPSA) is 96.5 Å². The summed E-state index contributed by atoms with van der Waals surface area (Å²) < 4.78 is 28.6. The molecule has 0 spiro atoms. The third-order valence-electron chi connectivity index (χ3n) is 3.65. The van der Waals surface area contributed by atoms with Gasteiger partial charge < -0.3 is 15.7 Å². The maximum absolute atomic E-state index is 12.3. The van der Waals surface area contributed by atoms with Crippen molar-refractivity contribution in [1.82, 2.24) is 4.37 Å². The lowest BCUT2D eigenvalue weighted by atomic mass is 9.96. The van der Waals surface area contributed by atoms with Crippen LogP contribution in [0.5, 0.6) is 0 Å². The molecule has 2 rings (SSSR count). The molecule has 1 aromatic heterocycles. The average Bonchev–Trinajstić information content (AvgIpc) is 2.75. The van der Waals surface area contributed by atoms with Gasteiger partial charge in [-0.2, -0.15) is 4.37 Å². The number of aliphatic hydroxyl groups is 1. The molecular formula is C12H21N3O3S2. The third-order valence-corrected chi connectivity index (χ3v) is 6.67. The predicted molar refractivity (Wildman–Crippen MR) is 80.9 cm³/mol. The van der Waals surface area contributed by atoms with E-state index in [-0.39, 0.29) is 22.4 Å². The van der Waals surface area contributed by atoms with Crippen LogP contribution in [-0.4, -0.2) is 42.8 Å². The normalized spacial score (nSPS) is 24.1. The van der Waals surface area contributed by atoms with Gasteiger partial charge in [0.25, 0.3) is 0 Å². The lowest BCUT2D eigenvalue weighted by Crippen LogP contribution is -2.43. The summed E-state index contributed by atoms with van der Waals surface area (Å²) in [5.74, 6) is 0.369. The number of piperidine rings is 1. The van der Waals surface area contributed by atoms with E-state index >= 15 is 0 Å². The number of aromatic nitrogens is 1. The second-order valence-electron chi connectivity index (χ2n) is 5.30. The maximum Gasteiger partial charge on any atom is 0.185 e. The average molecular weight is 319 g/mol. The summed E-state index contributed by atoms with van der Waals surface area (Å²) in [5.41, 5.74) is 5.76. The second-order valence-corrected chi connectivity index (χ2v) is 8.10. The van der Waals surface area contributed by atoms with Crippen LogP contribution in [0.2, 0.25) is 0 Å². The van der Waals surface area contributed by atoms with Gasteiger partial charge in [0.2, 0.25) is 0 Å². The van der Waals surface area contributed by atoms with Gasteiger partial charge in [0.15, 0.2) is 15.7 Å². The molecule has 1 fully saturated rings. The van der Waals surface area contributed by atoms with Crippen molar-refractivity contribution in [2.24, 2.45) is 5.92 Å². The zero-order valence-electron chi connectivity index (χ0n) is 11.7. The first kappa shape index (κ1) is 15.5. The summed E-state index contributed by atoms with van der Waals surface area (Å²) in [6, 6.07) is 0. The molecule has 0 aliphatic carbocycles. The van der Waals surface area contributed by atoms with Crippen molar-refractivity contribution in [3.05, 3.63) is 0 Å². The molecule has 6 nitrogen and oxygen atoms in total. The molecule has 1 aliphatic heterocycles. The largest absolute Gasteiger partial charge is 0.391 e. The fourth-order valence-corrected chi connectivity index (χ4v) is 5.18. The van der Waals surface area contributed by atoms with E-state index in [9.17, 15) is 13.5 Å². The first-order valence-electron chi connectivity index (χ1n) is 6.77. The standard InChI is InChI=1S/C12H21N3O3S2/c1-3-6-20(17,18)10-11(13)14-19-12(10)15-5-4-8(2)9(16)7-15/h8-9,16H,3-7H2,1-2H3,(H2,13,14). The van der Waals surface area contributed by atoms with Crippen molar-refractivity contribution in [2.75, 3.05) is 29.5 Å². The zero-order valence-corrected chi connectivity index (χ0v) is 13.4. The van der Waals surface area contributed by atoms with Crippen LogP contribution in [0, 0.1) is 5.92 Å². The molecule has 2 heterocycles. The van der Waals surface area contributed by atoms with E-state index in [1.165, 1.54) is 0 Å². The Kier molecular flexibility index (Phi) is 4.55. The Hall–Kier alpha value is -0.860. The van der Waals surface area contributed by atoms with Gasteiger partial charge in [-0.05, 0) is 30.3 Å². The molecule has 1 aliphatic rings. The minimum absolute atomic E-state index is 0.0649. The smallest absolute Gasteiger partial charge is 0.185 e. The minimum atomic E-state index is -3.41. The number of β-amino-alcohol motifs (C(OH)–C–C–N with tert-alkyl or cyclic N) is 1. The molecule has 1 saturated heterocycles. The van der Waals surface area contributed by atoms with Crippen LogP contribution in [0.15, 0.2) is 4.90 Å². The Morgan fingerprint density at radius 1 is 1.55 bits per heavy atom. The van der Waals surface area contributed by atoms with Gasteiger partial charge in [-0.3, -0.25) is 0 Å². The van der Waals surface area contributed by atoms with Crippen LogP contribution in [0.25, 0.3) is 0 Å². The van der Waals surface area contributed by atoms with E-state index < -0.39 is 15.9 Å². The number of hydrogen-bond acceptors (Lipinski definition) is 7. The van der Waals surface area contributed by atoms with Gasteiger partial charge in [-0.15, -0.1) is 0 Å². The maximum atomic E-state index is 12.3. The lowest BCUT2D eigenvalue weighted by Gasteiger charge is -2.35. The molecule has 2 atom stereocenters. The molecular weight excluding hydrogens is 298 g/mol. The summed E-state index contributed by atoms with van der Waals surface area (Å²) in [6.07, 6.45) is 0.914. The van der Waals surface area contributed by atoms with Gasteiger partial charge in [-0.25, -0.2) is 8.42 Å². The molecule has 3 N–H and O–H groups in total. The number of nitrogens with two attached hydrogens (primary N) is 1. The Balaban J connectivity index is 2.35. The van der Waals surface area contributed by atoms with Crippen LogP contribution in [0.1, 0.15) is 26.7 Å². The summed E-state index contributed by atoms with van der Waals surface area (Å²) >= 11 is 1.10. The predicted octanol–water partition coefficient (Wildman–Crippen LogP) is 1.12. The molecule has 0 bridgehead atoms. The van der Waals surface area contributed by atoms with Crippen molar-refractivity contribution in [3.63, 3.8) is 0 Å². The summed E-state index contributed by atoms with van der Waals surface area (Å²) in [6.45, 7) is 4.96. The molecule has 2 unspecified atom stereocenters. The highest BCUT2D eigenvalue weighted by Gasteiger charge is 2.32. The number of rotatable bonds is 4. The fourth-order valence-electron chi connectivity index (χ4n) is 2.38. The molecule has 0 amide bonds. The van der Waals surface area contributed by atoms with Crippen LogP contribution >= 0.6 is 11.5 Å². The van der Waals surface area contributed by atoms with Crippen LogP contribution in [0.3, 0.4) is 0 Å². The Labute approximate surface area is 123 Å². The number of hydrogen-bond donors (Lipinski definition) is 2. The number of aliphatic hydroxyl groups excluding tert-OH is 1. The highest BCUT2D eigenvalue weighted by atomic mass is 32.2. The Morgan fingerprint density at radius 3 is 2.85 bits per heavy atom. The van der Waals surface area contributed by atoms with Crippen LogP contribution in [0.4, 0.5) is 10.8 Å². The lowest BCUT2D eigenvalue weighted by molar-refractivity contribution is 0.103. The molecule has 114 valence electrons. The van der Waals surface area contributed by atoms with E-state index in [2.05, 4.69) is 4.37 Å². The SMILES string of the molecule is CCCS(=O)(=O)c1c(N)nsc1N1CCC(C)C(O)C1. The molecule has 0 saturated carbocycles. The van der Waals surface area contributed by atoms with Gasteiger partial charge in [0.05, 0.1) is 11.9 Å². The molecule has 0 radical (unpaired) electrons. The van der Waals surface area contributed by atoms with Crippen molar-refractivity contribution < 1.29 is 13.5 Å². The van der Waals surface area contributed by atoms with E-state index in [0.29, 0.717) is 24.5 Å². The second kappa shape index (κ2) is 5.87. The summed E-state index contributed by atoms with van der Waals surface area (Å²) in [4.78, 5) is 2.03. The van der Waals surface area contributed by atoms with Gasteiger partial charge in [-0.1, -0.05) is 13.8 Å². The summed E-state index contributed by atoms with van der Waals surface area (Å²) in [7, 11) is -3.41. The minimum Gasteiger partial charge on any atom is -0.391 e.